The van der Waals surface area contributed by atoms with E-state index < -0.39 is 0 Å². The Labute approximate surface area is 139 Å². The van der Waals surface area contributed by atoms with Crippen molar-refractivity contribution in [1.29, 1.82) is 0 Å². The van der Waals surface area contributed by atoms with Crippen molar-refractivity contribution in [3.63, 3.8) is 0 Å². The number of nitrogens with one attached hydrogen (secondary N) is 1. The largest absolute Gasteiger partial charge is 0.323 e. The first-order valence-corrected chi connectivity index (χ1v) is 8.49. The number of carbonyl (C=O) groups excluding carboxylic acids is 2. The number of amides is 2. The summed E-state index contributed by atoms with van der Waals surface area (Å²) in [6, 6.07) is 11.5. The average molecular weight is 329 g/mol. The van der Waals surface area contributed by atoms with Crippen LogP contribution in [0.1, 0.15) is 11.8 Å². The summed E-state index contributed by atoms with van der Waals surface area (Å²) in [6.45, 7) is 3.95. The maximum Gasteiger partial charge on any atom is 0.244 e. The second-order valence-electron chi connectivity index (χ2n) is 5.43. The number of nitrogens with zero attached hydrogens (tertiary/aromatic N) is 2. The van der Waals surface area contributed by atoms with Crippen molar-refractivity contribution in [3.8, 4) is 0 Å². The molecule has 0 atom stereocenters. The minimum absolute atomic E-state index is 0.0503. The minimum Gasteiger partial charge on any atom is -0.323 e. The van der Waals surface area contributed by atoms with E-state index in [2.05, 4.69) is 16.3 Å². The predicted molar refractivity (Wildman–Crippen MR) is 92.7 cm³/mol. The van der Waals surface area contributed by atoms with Crippen molar-refractivity contribution in [2.24, 2.45) is 0 Å². The molecule has 1 aromatic carbocycles. The highest BCUT2D eigenvalue weighted by atomic mass is 32.1. The van der Waals surface area contributed by atoms with E-state index in [-0.39, 0.29) is 18.4 Å². The Morgan fingerprint density at radius 2 is 2.13 bits per heavy atom. The number of fused-ring (bicyclic) bond motifs is 1. The van der Waals surface area contributed by atoms with Gasteiger partial charge in [-0.15, -0.1) is 11.3 Å². The Hall–Kier alpha value is -2.18. The maximum atomic E-state index is 12.7. The van der Waals surface area contributed by atoms with Gasteiger partial charge in [0.1, 0.15) is 6.54 Å². The number of hydrogen-bond acceptors (Lipinski definition) is 4. The molecule has 2 amide bonds. The van der Waals surface area contributed by atoms with Crippen molar-refractivity contribution < 1.29 is 9.59 Å². The van der Waals surface area contributed by atoms with E-state index in [4.69, 9.17) is 0 Å². The zero-order valence-corrected chi connectivity index (χ0v) is 13.8. The fourth-order valence-electron chi connectivity index (χ4n) is 2.63. The molecule has 0 saturated heterocycles. The highest BCUT2D eigenvalue weighted by Gasteiger charge is 2.27. The Morgan fingerprint density at radius 1 is 1.30 bits per heavy atom. The first kappa shape index (κ1) is 15.7. The van der Waals surface area contributed by atoms with Crippen molar-refractivity contribution >= 4 is 34.5 Å². The molecule has 0 unspecified atom stereocenters. The summed E-state index contributed by atoms with van der Waals surface area (Å²) in [5, 5.41) is 4.84. The Kier molecular flexibility index (Phi) is 4.73. The molecule has 0 bridgehead atoms. The van der Waals surface area contributed by atoms with Gasteiger partial charge in [-0.1, -0.05) is 25.1 Å². The van der Waals surface area contributed by atoms with Crippen molar-refractivity contribution in [1.82, 2.24) is 4.90 Å². The van der Waals surface area contributed by atoms with Gasteiger partial charge in [0.25, 0.3) is 0 Å². The normalized spacial score (nSPS) is 13.8. The molecule has 6 heteroatoms. The SMILES string of the molecule is CCN(CC(=O)N1CC(=O)Nc2ccccc21)Cc1cccs1. The molecule has 2 heterocycles. The molecule has 0 spiro atoms. The second kappa shape index (κ2) is 6.93. The fraction of sp³-hybridized carbons (Fsp3) is 0.294. The Bertz CT molecular complexity index is 700. The van der Waals surface area contributed by atoms with Crippen LogP contribution in [0.2, 0.25) is 0 Å². The van der Waals surface area contributed by atoms with Gasteiger partial charge in [0.15, 0.2) is 0 Å². The molecule has 2 aromatic rings. The maximum absolute atomic E-state index is 12.7. The highest BCUT2D eigenvalue weighted by molar-refractivity contribution is 7.09. The van der Waals surface area contributed by atoms with Gasteiger partial charge in [0, 0.05) is 11.4 Å². The number of thiophene rings is 1. The molecule has 1 aromatic heterocycles. The van der Waals surface area contributed by atoms with Gasteiger partial charge in [0.2, 0.25) is 11.8 Å². The second-order valence-corrected chi connectivity index (χ2v) is 6.46. The summed E-state index contributed by atoms with van der Waals surface area (Å²) >= 11 is 1.69. The summed E-state index contributed by atoms with van der Waals surface area (Å²) < 4.78 is 0. The van der Waals surface area contributed by atoms with Gasteiger partial charge >= 0.3 is 0 Å². The summed E-state index contributed by atoms with van der Waals surface area (Å²) in [5.74, 6) is -0.205. The van der Waals surface area contributed by atoms with E-state index in [9.17, 15) is 9.59 Å². The van der Waals surface area contributed by atoms with Crippen LogP contribution in [0.3, 0.4) is 0 Å². The average Bonchev–Trinajstić information content (AvgIpc) is 3.06. The topological polar surface area (TPSA) is 52.7 Å². The molecule has 5 nitrogen and oxygen atoms in total. The lowest BCUT2D eigenvalue weighted by atomic mass is 10.2. The summed E-state index contributed by atoms with van der Waals surface area (Å²) in [6.07, 6.45) is 0. The number of carbonyl (C=O) groups is 2. The third-order valence-corrected chi connectivity index (χ3v) is 4.70. The van der Waals surface area contributed by atoms with Crippen LogP contribution in [0.15, 0.2) is 41.8 Å². The lowest BCUT2D eigenvalue weighted by Gasteiger charge is -2.31. The molecule has 1 aliphatic heterocycles. The molecule has 0 radical (unpaired) electrons. The van der Waals surface area contributed by atoms with E-state index in [0.717, 1.165) is 18.8 Å². The van der Waals surface area contributed by atoms with E-state index >= 15 is 0 Å². The van der Waals surface area contributed by atoms with Gasteiger partial charge in [-0.2, -0.15) is 0 Å². The Morgan fingerprint density at radius 3 is 2.87 bits per heavy atom. The molecule has 3 rings (SSSR count). The molecule has 120 valence electrons. The summed E-state index contributed by atoms with van der Waals surface area (Å²) in [5.41, 5.74) is 1.46. The van der Waals surface area contributed by atoms with Gasteiger partial charge in [-0.05, 0) is 30.1 Å². The van der Waals surface area contributed by atoms with E-state index in [1.807, 2.05) is 42.6 Å². The van der Waals surface area contributed by atoms with Crippen molar-refractivity contribution in [2.75, 3.05) is 29.9 Å². The van der Waals surface area contributed by atoms with Crippen LogP contribution in [0.5, 0.6) is 0 Å². The van der Waals surface area contributed by atoms with Crippen molar-refractivity contribution in [2.45, 2.75) is 13.5 Å². The number of benzene rings is 1. The number of anilines is 2. The molecule has 0 fully saturated rings. The third kappa shape index (κ3) is 3.60. The first-order valence-electron chi connectivity index (χ1n) is 7.61. The van der Waals surface area contributed by atoms with Gasteiger partial charge in [-0.25, -0.2) is 0 Å². The quantitative estimate of drug-likeness (QED) is 0.917. The number of likely N-dealkylation sites (N-methyl/N-ethyl adjacent to an activating group) is 1. The van der Waals surface area contributed by atoms with Crippen LogP contribution < -0.4 is 10.2 Å². The number of para-hydroxylation sites is 2. The molecule has 23 heavy (non-hydrogen) atoms. The lowest BCUT2D eigenvalue weighted by Crippen LogP contribution is -2.46. The lowest BCUT2D eigenvalue weighted by molar-refractivity contribution is -0.122. The van der Waals surface area contributed by atoms with E-state index in [0.29, 0.717) is 12.2 Å². The first-order chi connectivity index (χ1) is 11.2. The Balaban J connectivity index is 1.73. The summed E-state index contributed by atoms with van der Waals surface area (Å²) in [4.78, 5) is 29.4. The molecular weight excluding hydrogens is 310 g/mol. The van der Waals surface area contributed by atoms with Crippen LogP contribution >= 0.6 is 11.3 Å². The van der Waals surface area contributed by atoms with Crippen LogP contribution in [0, 0.1) is 0 Å². The van der Waals surface area contributed by atoms with Crippen LogP contribution in [-0.2, 0) is 16.1 Å². The van der Waals surface area contributed by atoms with Gasteiger partial charge < -0.3 is 5.32 Å². The van der Waals surface area contributed by atoms with E-state index in [1.165, 1.54) is 4.88 Å². The monoisotopic (exact) mass is 329 g/mol. The zero-order valence-electron chi connectivity index (χ0n) is 13.0. The molecule has 0 aliphatic carbocycles. The smallest absolute Gasteiger partial charge is 0.244 e. The predicted octanol–water partition coefficient (Wildman–Crippen LogP) is 2.56. The minimum atomic E-state index is -0.154. The molecular formula is C17H19N3O2S. The van der Waals surface area contributed by atoms with Gasteiger partial charge in [0.05, 0.1) is 17.9 Å². The fourth-order valence-corrected chi connectivity index (χ4v) is 3.38. The number of hydrogen-bond donors (Lipinski definition) is 1. The molecule has 0 saturated carbocycles. The molecule has 1 N–H and O–H groups in total. The standard InChI is InChI=1S/C17H19N3O2S/c1-2-19(10-13-6-5-9-23-13)12-17(22)20-11-16(21)18-14-7-3-4-8-15(14)20/h3-9H,2,10-12H2,1H3,(H,18,21). The highest BCUT2D eigenvalue weighted by Crippen LogP contribution is 2.29. The van der Waals surface area contributed by atoms with E-state index in [1.54, 1.807) is 16.2 Å². The van der Waals surface area contributed by atoms with Crippen LogP contribution in [-0.4, -0.2) is 36.3 Å². The van der Waals surface area contributed by atoms with Crippen LogP contribution in [0.4, 0.5) is 11.4 Å². The summed E-state index contributed by atoms with van der Waals surface area (Å²) in [7, 11) is 0. The van der Waals surface area contributed by atoms with Crippen molar-refractivity contribution in [3.05, 3.63) is 46.7 Å². The zero-order chi connectivity index (χ0) is 16.2. The van der Waals surface area contributed by atoms with Gasteiger partial charge in [-0.3, -0.25) is 19.4 Å². The third-order valence-electron chi connectivity index (χ3n) is 3.84. The molecule has 1 aliphatic rings. The van der Waals surface area contributed by atoms with Crippen LogP contribution in [0.25, 0.3) is 0 Å². The number of rotatable bonds is 5.